The summed E-state index contributed by atoms with van der Waals surface area (Å²) in [6.07, 6.45) is 5.70. The first kappa shape index (κ1) is 11.3. The van der Waals surface area contributed by atoms with Crippen molar-refractivity contribution in [1.82, 2.24) is 0 Å². The normalized spacial score (nSPS) is 20.7. The van der Waals surface area contributed by atoms with E-state index in [4.69, 9.17) is 0 Å². The molecule has 0 spiro atoms. The molecule has 1 aromatic carbocycles. The van der Waals surface area contributed by atoms with Crippen molar-refractivity contribution in [2.24, 2.45) is 0 Å². The summed E-state index contributed by atoms with van der Waals surface area (Å²) in [5.41, 5.74) is 5.14. The van der Waals surface area contributed by atoms with Gasteiger partial charge in [-0.2, -0.15) is 0 Å². The molecular weight excluding hydrogens is 196 g/mol. The minimum Gasteiger partial charge on any atom is -0.508 e. The molecule has 16 heavy (non-hydrogen) atoms. The number of allylic oxidation sites excluding steroid dienone is 2. The van der Waals surface area contributed by atoms with Crippen molar-refractivity contribution in [3.63, 3.8) is 0 Å². The molecule has 1 N–H and O–H groups in total. The number of rotatable bonds is 0. The van der Waals surface area contributed by atoms with Gasteiger partial charge in [0.2, 0.25) is 0 Å². The number of aromatic hydroxyl groups is 1. The number of hydrogen-bond donors (Lipinski definition) is 1. The lowest BCUT2D eigenvalue weighted by atomic mass is 9.85. The average molecular weight is 216 g/mol. The summed E-state index contributed by atoms with van der Waals surface area (Å²) in [6, 6.07) is 4.11. The quantitative estimate of drug-likeness (QED) is 0.648. The van der Waals surface area contributed by atoms with Crippen molar-refractivity contribution in [2.45, 2.75) is 46.0 Å². The topological polar surface area (TPSA) is 20.2 Å². The van der Waals surface area contributed by atoms with E-state index < -0.39 is 0 Å². The highest BCUT2D eigenvalue weighted by atomic mass is 16.3. The molecule has 0 saturated heterocycles. The average Bonchev–Trinajstić information content (AvgIpc) is 2.21. The minimum atomic E-state index is 0.438. The summed E-state index contributed by atoms with van der Waals surface area (Å²) in [5, 5.41) is 9.81. The van der Waals surface area contributed by atoms with Crippen LogP contribution in [-0.4, -0.2) is 5.11 Å². The molecule has 0 radical (unpaired) electrons. The molecule has 0 aromatic heterocycles. The summed E-state index contributed by atoms with van der Waals surface area (Å²) >= 11 is 0. The monoisotopic (exact) mass is 216 g/mol. The van der Waals surface area contributed by atoms with Gasteiger partial charge in [0.05, 0.1) is 0 Å². The molecule has 1 aliphatic rings. The van der Waals surface area contributed by atoms with E-state index >= 15 is 0 Å². The Morgan fingerprint density at radius 3 is 2.75 bits per heavy atom. The van der Waals surface area contributed by atoms with Crippen LogP contribution in [0.2, 0.25) is 0 Å². The molecule has 2 rings (SSSR count). The lowest BCUT2D eigenvalue weighted by Crippen LogP contribution is -2.04. The molecule has 1 aromatic rings. The highest BCUT2D eigenvalue weighted by Crippen LogP contribution is 2.33. The van der Waals surface area contributed by atoms with Gasteiger partial charge in [0.1, 0.15) is 5.75 Å². The fourth-order valence-corrected chi connectivity index (χ4v) is 2.49. The SMILES string of the molecule is CC1=CCC[C@H](C)c2cc(O)c(C)cc2C1. The van der Waals surface area contributed by atoms with Gasteiger partial charge in [-0.1, -0.05) is 24.6 Å². The van der Waals surface area contributed by atoms with E-state index in [1.54, 1.807) is 0 Å². The Balaban J connectivity index is 2.50. The summed E-state index contributed by atoms with van der Waals surface area (Å²) in [6.45, 7) is 6.42. The number of aryl methyl sites for hydroxylation is 1. The molecule has 1 nitrogen and oxygen atoms in total. The van der Waals surface area contributed by atoms with Crippen LogP contribution in [0.1, 0.15) is 49.3 Å². The van der Waals surface area contributed by atoms with Crippen LogP contribution in [0.15, 0.2) is 23.8 Å². The van der Waals surface area contributed by atoms with Crippen LogP contribution in [-0.2, 0) is 6.42 Å². The first-order chi connectivity index (χ1) is 7.58. The predicted octanol–water partition coefficient (Wildman–Crippen LogP) is 4.09. The van der Waals surface area contributed by atoms with Crippen LogP contribution in [0.5, 0.6) is 5.75 Å². The molecular formula is C15H20O. The van der Waals surface area contributed by atoms with Crippen molar-refractivity contribution in [2.75, 3.05) is 0 Å². The zero-order valence-corrected chi connectivity index (χ0v) is 10.4. The van der Waals surface area contributed by atoms with Crippen LogP contribution in [0, 0.1) is 6.92 Å². The first-order valence-corrected chi connectivity index (χ1v) is 6.06. The third-order valence-corrected chi connectivity index (χ3v) is 3.55. The van der Waals surface area contributed by atoms with Gasteiger partial charge >= 0.3 is 0 Å². The van der Waals surface area contributed by atoms with E-state index in [9.17, 15) is 5.11 Å². The second kappa shape index (κ2) is 4.32. The number of phenolic OH excluding ortho intramolecular Hbond substituents is 1. The van der Waals surface area contributed by atoms with Crippen LogP contribution < -0.4 is 0 Å². The molecule has 1 atom stereocenters. The third-order valence-electron chi connectivity index (χ3n) is 3.55. The highest BCUT2D eigenvalue weighted by molar-refractivity contribution is 5.44. The fraction of sp³-hybridized carbons (Fsp3) is 0.467. The smallest absolute Gasteiger partial charge is 0.118 e. The van der Waals surface area contributed by atoms with Gasteiger partial charge in [-0.25, -0.2) is 0 Å². The van der Waals surface area contributed by atoms with Gasteiger partial charge in [-0.15, -0.1) is 0 Å². The maximum Gasteiger partial charge on any atom is 0.118 e. The molecule has 1 aliphatic carbocycles. The van der Waals surface area contributed by atoms with Crippen molar-refractivity contribution >= 4 is 0 Å². The molecule has 0 bridgehead atoms. The minimum absolute atomic E-state index is 0.438. The van der Waals surface area contributed by atoms with E-state index in [0.717, 1.165) is 18.4 Å². The summed E-state index contributed by atoms with van der Waals surface area (Å²) < 4.78 is 0. The van der Waals surface area contributed by atoms with Crippen molar-refractivity contribution in [3.05, 3.63) is 40.5 Å². The molecule has 0 amide bonds. The molecule has 86 valence electrons. The van der Waals surface area contributed by atoms with Crippen LogP contribution in [0.25, 0.3) is 0 Å². The van der Waals surface area contributed by atoms with E-state index in [-0.39, 0.29) is 0 Å². The van der Waals surface area contributed by atoms with E-state index in [0.29, 0.717) is 11.7 Å². The van der Waals surface area contributed by atoms with Gasteiger partial charge in [-0.05, 0) is 61.8 Å². The lowest BCUT2D eigenvalue weighted by Gasteiger charge is -2.20. The van der Waals surface area contributed by atoms with E-state index in [1.165, 1.54) is 23.1 Å². The third kappa shape index (κ3) is 2.13. The Labute approximate surface area is 97.8 Å². The second-order valence-corrected chi connectivity index (χ2v) is 5.04. The standard InChI is InChI=1S/C15H20O/c1-10-5-4-6-11(2)14-9-15(16)12(3)8-13(14)7-10/h5,8-9,11,16H,4,6-7H2,1-3H3/t11-/m0/s1. The molecule has 0 unspecified atom stereocenters. The van der Waals surface area contributed by atoms with Crippen molar-refractivity contribution < 1.29 is 5.11 Å². The lowest BCUT2D eigenvalue weighted by molar-refractivity contribution is 0.468. The van der Waals surface area contributed by atoms with E-state index in [2.05, 4.69) is 26.0 Å². The fourth-order valence-electron chi connectivity index (χ4n) is 2.49. The van der Waals surface area contributed by atoms with Gasteiger partial charge in [0.25, 0.3) is 0 Å². The van der Waals surface area contributed by atoms with Gasteiger partial charge in [-0.3, -0.25) is 0 Å². The second-order valence-electron chi connectivity index (χ2n) is 5.04. The Morgan fingerprint density at radius 1 is 1.25 bits per heavy atom. The summed E-state index contributed by atoms with van der Waals surface area (Å²) in [4.78, 5) is 0. The Hall–Kier alpha value is -1.24. The molecule has 0 aliphatic heterocycles. The zero-order valence-electron chi connectivity index (χ0n) is 10.4. The zero-order chi connectivity index (χ0) is 11.7. The van der Waals surface area contributed by atoms with Gasteiger partial charge in [0, 0.05) is 0 Å². The summed E-state index contributed by atoms with van der Waals surface area (Å²) in [5.74, 6) is 0.985. The predicted molar refractivity (Wildman–Crippen MR) is 68.0 cm³/mol. The Morgan fingerprint density at radius 2 is 2.00 bits per heavy atom. The Bertz CT molecular complexity index is 429. The van der Waals surface area contributed by atoms with Gasteiger partial charge in [0.15, 0.2) is 0 Å². The molecule has 0 heterocycles. The Kier molecular flexibility index (Phi) is 3.04. The number of benzene rings is 1. The molecule has 0 saturated carbocycles. The van der Waals surface area contributed by atoms with Crippen LogP contribution in [0.4, 0.5) is 0 Å². The van der Waals surface area contributed by atoms with E-state index in [1.807, 2.05) is 13.0 Å². The molecule has 1 heteroatoms. The van der Waals surface area contributed by atoms with Crippen LogP contribution >= 0.6 is 0 Å². The van der Waals surface area contributed by atoms with Crippen molar-refractivity contribution in [1.29, 1.82) is 0 Å². The maximum atomic E-state index is 9.81. The van der Waals surface area contributed by atoms with Crippen molar-refractivity contribution in [3.8, 4) is 5.75 Å². The maximum absolute atomic E-state index is 9.81. The number of phenols is 1. The van der Waals surface area contributed by atoms with Gasteiger partial charge < -0.3 is 5.11 Å². The number of fused-ring (bicyclic) bond motifs is 1. The largest absolute Gasteiger partial charge is 0.508 e. The number of hydrogen-bond acceptors (Lipinski definition) is 1. The highest BCUT2D eigenvalue weighted by Gasteiger charge is 2.15. The first-order valence-electron chi connectivity index (χ1n) is 6.06. The summed E-state index contributed by atoms with van der Waals surface area (Å²) in [7, 11) is 0. The molecule has 0 fully saturated rings. The van der Waals surface area contributed by atoms with Crippen LogP contribution in [0.3, 0.4) is 0 Å².